The number of hydrogen-bond donors (Lipinski definition) is 3. The number of hydrogen-bond acceptors (Lipinski definition) is 4. The standard InChI is InChI=1S/C17H18FNO.C4H4O4/c18-14-6-8-15(9-7-14)20-17-10-11-19-12-16(17)13-4-2-1-3-5-13;5-3(6)1-2-4(7)8/h1-9,16-17,19H,10-12H2;1-2H,(H,5,6)(H,7,8)/b;2-1+/t16-,17+;/m0./s1. The van der Waals surface area contributed by atoms with Crippen molar-refractivity contribution in [3.8, 4) is 5.75 Å². The molecule has 3 rings (SSSR count). The molecule has 0 radical (unpaired) electrons. The molecule has 2 aromatic rings. The summed E-state index contributed by atoms with van der Waals surface area (Å²) in [5.74, 6) is -1.68. The number of carbonyl (C=O) groups is 2. The van der Waals surface area contributed by atoms with Crippen molar-refractivity contribution in [1.82, 2.24) is 5.32 Å². The van der Waals surface area contributed by atoms with Gasteiger partial charge in [0.05, 0.1) is 0 Å². The van der Waals surface area contributed by atoms with E-state index < -0.39 is 11.9 Å². The molecule has 6 nitrogen and oxygen atoms in total. The van der Waals surface area contributed by atoms with Crippen LogP contribution in [-0.2, 0) is 9.59 Å². The van der Waals surface area contributed by atoms with E-state index >= 15 is 0 Å². The van der Waals surface area contributed by atoms with Crippen molar-refractivity contribution >= 4 is 11.9 Å². The summed E-state index contributed by atoms with van der Waals surface area (Å²) in [6.45, 7) is 1.87. The highest BCUT2D eigenvalue weighted by molar-refractivity contribution is 5.89. The Morgan fingerprint density at radius 3 is 2.18 bits per heavy atom. The Kier molecular flexibility index (Phi) is 8.17. The molecule has 148 valence electrons. The summed E-state index contributed by atoms with van der Waals surface area (Å²) < 4.78 is 19.0. The number of aliphatic carboxylic acids is 2. The van der Waals surface area contributed by atoms with Gasteiger partial charge in [0.15, 0.2) is 0 Å². The minimum Gasteiger partial charge on any atom is -0.490 e. The lowest BCUT2D eigenvalue weighted by molar-refractivity contribution is -0.134. The third-order valence-corrected chi connectivity index (χ3v) is 4.12. The van der Waals surface area contributed by atoms with Crippen molar-refractivity contribution in [2.75, 3.05) is 13.1 Å². The molecule has 0 saturated carbocycles. The van der Waals surface area contributed by atoms with E-state index in [1.165, 1.54) is 17.7 Å². The molecule has 0 unspecified atom stereocenters. The van der Waals surface area contributed by atoms with Crippen molar-refractivity contribution in [2.24, 2.45) is 0 Å². The Morgan fingerprint density at radius 1 is 1.00 bits per heavy atom. The van der Waals surface area contributed by atoms with Crippen LogP contribution in [0.1, 0.15) is 17.9 Å². The maximum Gasteiger partial charge on any atom is 0.328 e. The molecule has 28 heavy (non-hydrogen) atoms. The molecule has 1 fully saturated rings. The second-order valence-corrected chi connectivity index (χ2v) is 6.13. The van der Waals surface area contributed by atoms with Gasteiger partial charge < -0.3 is 20.3 Å². The maximum atomic E-state index is 12.9. The molecule has 0 aliphatic carbocycles. The highest BCUT2D eigenvalue weighted by Gasteiger charge is 2.27. The quantitative estimate of drug-likeness (QED) is 0.683. The third-order valence-electron chi connectivity index (χ3n) is 4.12. The summed E-state index contributed by atoms with van der Waals surface area (Å²) in [6, 6.07) is 16.7. The van der Waals surface area contributed by atoms with Gasteiger partial charge in [-0.25, -0.2) is 14.0 Å². The topological polar surface area (TPSA) is 95.9 Å². The minimum atomic E-state index is -1.26. The van der Waals surface area contributed by atoms with E-state index in [-0.39, 0.29) is 11.9 Å². The maximum absolute atomic E-state index is 12.9. The molecule has 3 N–H and O–H groups in total. The summed E-state index contributed by atoms with van der Waals surface area (Å²) in [6.07, 6.45) is 2.20. The number of carboxylic acids is 2. The summed E-state index contributed by atoms with van der Waals surface area (Å²) in [5.41, 5.74) is 1.28. The number of rotatable bonds is 5. The Bertz CT molecular complexity index is 776. The molecule has 1 aliphatic rings. The molecular formula is C21H22FNO5. The molecule has 2 atom stereocenters. The van der Waals surface area contributed by atoms with Crippen LogP contribution in [0, 0.1) is 5.82 Å². The third kappa shape index (κ3) is 7.20. The van der Waals surface area contributed by atoms with Crippen LogP contribution in [-0.4, -0.2) is 41.3 Å². The zero-order valence-electron chi connectivity index (χ0n) is 15.1. The fraction of sp³-hybridized carbons (Fsp3) is 0.238. The first-order valence-corrected chi connectivity index (χ1v) is 8.77. The fourth-order valence-electron chi connectivity index (χ4n) is 2.84. The lowest BCUT2D eigenvalue weighted by Crippen LogP contribution is -2.41. The predicted molar refractivity (Wildman–Crippen MR) is 102 cm³/mol. The summed E-state index contributed by atoms with van der Waals surface area (Å²) >= 11 is 0. The Hall–Kier alpha value is -3.19. The average Bonchev–Trinajstić information content (AvgIpc) is 2.70. The van der Waals surface area contributed by atoms with E-state index in [0.717, 1.165) is 25.3 Å². The molecule has 2 aromatic carbocycles. The van der Waals surface area contributed by atoms with Gasteiger partial charge in [-0.1, -0.05) is 30.3 Å². The van der Waals surface area contributed by atoms with Gasteiger partial charge in [0.2, 0.25) is 0 Å². The minimum absolute atomic E-state index is 0.129. The van der Waals surface area contributed by atoms with Crippen LogP contribution in [0.4, 0.5) is 4.39 Å². The van der Waals surface area contributed by atoms with Gasteiger partial charge in [0, 0.05) is 24.6 Å². The first kappa shape index (κ1) is 21.1. The van der Waals surface area contributed by atoms with Crippen LogP contribution >= 0.6 is 0 Å². The number of ether oxygens (including phenoxy) is 1. The largest absolute Gasteiger partial charge is 0.490 e. The first-order valence-electron chi connectivity index (χ1n) is 8.77. The van der Waals surface area contributed by atoms with Crippen LogP contribution in [0.2, 0.25) is 0 Å². The summed E-state index contributed by atoms with van der Waals surface area (Å²) in [5, 5.41) is 19.0. The van der Waals surface area contributed by atoms with Gasteiger partial charge in [-0.05, 0) is 42.8 Å². The number of halogens is 1. The van der Waals surface area contributed by atoms with Gasteiger partial charge in [0.25, 0.3) is 0 Å². The molecule has 1 heterocycles. The molecule has 0 spiro atoms. The zero-order valence-corrected chi connectivity index (χ0v) is 15.1. The van der Waals surface area contributed by atoms with Gasteiger partial charge in [0.1, 0.15) is 17.7 Å². The SMILES string of the molecule is Fc1ccc(O[C@@H]2CCNC[C@H]2c2ccccc2)cc1.O=C(O)/C=C/C(=O)O. The van der Waals surface area contributed by atoms with E-state index in [4.69, 9.17) is 14.9 Å². The van der Waals surface area contributed by atoms with Gasteiger partial charge in [-0.2, -0.15) is 0 Å². The molecule has 0 aromatic heterocycles. The summed E-state index contributed by atoms with van der Waals surface area (Å²) in [4.78, 5) is 19.1. The molecule has 7 heteroatoms. The number of piperidine rings is 1. The Labute approximate surface area is 162 Å². The lowest BCUT2D eigenvalue weighted by atomic mass is 9.89. The molecule has 1 aliphatic heterocycles. The van der Waals surface area contributed by atoms with Crippen LogP contribution in [0.5, 0.6) is 5.75 Å². The molecule has 1 saturated heterocycles. The smallest absolute Gasteiger partial charge is 0.328 e. The van der Waals surface area contributed by atoms with E-state index in [0.29, 0.717) is 18.1 Å². The van der Waals surface area contributed by atoms with Gasteiger partial charge >= 0.3 is 11.9 Å². The molecule has 0 bridgehead atoms. The van der Waals surface area contributed by atoms with Crippen molar-refractivity contribution in [3.05, 3.63) is 78.1 Å². The number of benzene rings is 2. The monoisotopic (exact) mass is 387 g/mol. The highest BCUT2D eigenvalue weighted by Crippen LogP contribution is 2.27. The zero-order chi connectivity index (χ0) is 20.4. The summed E-state index contributed by atoms with van der Waals surface area (Å²) in [7, 11) is 0. The van der Waals surface area contributed by atoms with Crippen molar-refractivity contribution in [2.45, 2.75) is 18.4 Å². The number of carboxylic acid groups (broad SMARTS) is 2. The fourth-order valence-corrected chi connectivity index (χ4v) is 2.84. The molecule has 0 amide bonds. The average molecular weight is 387 g/mol. The van der Waals surface area contributed by atoms with Crippen LogP contribution in [0.25, 0.3) is 0 Å². The highest BCUT2D eigenvalue weighted by atomic mass is 19.1. The number of nitrogens with one attached hydrogen (secondary N) is 1. The van der Waals surface area contributed by atoms with Gasteiger partial charge in [-0.15, -0.1) is 0 Å². The van der Waals surface area contributed by atoms with Gasteiger partial charge in [-0.3, -0.25) is 0 Å². The van der Waals surface area contributed by atoms with Crippen molar-refractivity contribution < 1.29 is 28.9 Å². The van der Waals surface area contributed by atoms with E-state index in [1.54, 1.807) is 12.1 Å². The second-order valence-electron chi connectivity index (χ2n) is 6.13. The lowest BCUT2D eigenvalue weighted by Gasteiger charge is -2.32. The van der Waals surface area contributed by atoms with Crippen molar-refractivity contribution in [1.29, 1.82) is 0 Å². The van der Waals surface area contributed by atoms with Crippen LogP contribution < -0.4 is 10.1 Å². The van der Waals surface area contributed by atoms with E-state index in [1.807, 2.05) is 6.07 Å². The first-order chi connectivity index (χ1) is 13.5. The van der Waals surface area contributed by atoms with Crippen molar-refractivity contribution in [3.63, 3.8) is 0 Å². The van der Waals surface area contributed by atoms with Crippen LogP contribution in [0.15, 0.2) is 66.7 Å². The van der Waals surface area contributed by atoms with E-state index in [2.05, 4.69) is 29.6 Å². The second kappa shape index (κ2) is 10.8. The Balaban J connectivity index is 0.000000300. The Morgan fingerprint density at radius 2 is 1.61 bits per heavy atom. The van der Waals surface area contributed by atoms with E-state index in [9.17, 15) is 14.0 Å². The predicted octanol–water partition coefficient (Wildman–Crippen LogP) is 3.06. The normalized spacial score (nSPS) is 18.8. The van der Waals surface area contributed by atoms with Crippen LogP contribution in [0.3, 0.4) is 0 Å². The molecular weight excluding hydrogens is 365 g/mol.